The van der Waals surface area contributed by atoms with Crippen LogP contribution in [0.25, 0.3) is 0 Å². The van der Waals surface area contributed by atoms with Crippen molar-refractivity contribution in [1.82, 2.24) is 20.5 Å². The molecule has 2 amide bonds. The average molecular weight is 405 g/mol. The molecule has 0 bridgehead atoms. The summed E-state index contributed by atoms with van der Waals surface area (Å²) in [6.45, 7) is 0. The number of carbonyl (C=O) groups is 2. The van der Waals surface area contributed by atoms with E-state index in [1.807, 2.05) is 42.5 Å². The number of carbonyl (C=O) groups excluding carboxylic acids is 2. The van der Waals surface area contributed by atoms with Crippen molar-refractivity contribution in [2.24, 2.45) is 5.92 Å². The predicted octanol–water partition coefficient (Wildman–Crippen LogP) is 2.40. The molecule has 1 fully saturated rings. The van der Waals surface area contributed by atoms with Gasteiger partial charge in [0.1, 0.15) is 16.9 Å². The largest absolute Gasteiger partial charge is 0.338 e. The number of hydrogen-bond donors (Lipinski definition) is 1. The third-order valence-corrected chi connectivity index (χ3v) is 6.47. The molecule has 1 aromatic carbocycles. The highest BCUT2D eigenvalue weighted by molar-refractivity contribution is 7.13. The molecule has 8 heteroatoms. The molecule has 3 atom stereocenters. The van der Waals surface area contributed by atoms with E-state index in [0.717, 1.165) is 22.6 Å². The van der Waals surface area contributed by atoms with Gasteiger partial charge in [0.25, 0.3) is 11.8 Å². The minimum Gasteiger partial charge on any atom is -0.338 e. The zero-order valence-electron chi connectivity index (χ0n) is 15.8. The van der Waals surface area contributed by atoms with Gasteiger partial charge in [-0.15, -0.1) is 10.2 Å². The summed E-state index contributed by atoms with van der Waals surface area (Å²) < 4.78 is 0. The van der Waals surface area contributed by atoms with Gasteiger partial charge in [-0.1, -0.05) is 47.7 Å². The molecule has 3 heterocycles. The molecule has 7 nitrogen and oxygen atoms in total. The van der Waals surface area contributed by atoms with E-state index >= 15 is 0 Å². The van der Waals surface area contributed by atoms with Gasteiger partial charge in [-0.2, -0.15) is 0 Å². The van der Waals surface area contributed by atoms with Crippen LogP contribution >= 0.6 is 11.3 Å². The van der Waals surface area contributed by atoms with Crippen LogP contribution in [0.15, 0.2) is 48.7 Å². The van der Waals surface area contributed by atoms with Crippen LogP contribution in [0.1, 0.15) is 38.3 Å². The van der Waals surface area contributed by atoms with Crippen LogP contribution in [0, 0.1) is 5.92 Å². The van der Waals surface area contributed by atoms with Gasteiger partial charge in [0.05, 0.1) is 0 Å². The van der Waals surface area contributed by atoms with E-state index < -0.39 is 6.04 Å². The number of amides is 2. The first-order valence-corrected chi connectivity index (χ1v) is 10.3. The second-order valence-corrected chi connectivity index (χ2v) is 8.50. The second-order valence-electron chi connectivity index (χ2n) is 7.43. The number of likely N-dealkylation sites (N-methyl/N-ethyl adjacent to an activating group) is 1. The van der Waals surface area contributed by atoms with Crippen molar-refractivity contribution in [1.29, 1.82) is 0 Å². The molecule has 1 aliphatic carbocycles. The Bertz CT molecular complexity index is 1080. The molecule has 0 saturated heterocycles. The molecule has 5 rings (SSSR count). The molecular weight excluding hydrogens is 386 g/mol. The maximum absolute atomic E-state index is 13.0. The molecule has 0 radical (unpaired) electrons. The lowest BCUT2D eigenvalue weighted by Gasteiger charge is -2.22. The Morgan fingerprint density at radius 3 is 2.86 bits per heavy atom. The zero-order valence-corrected chi connectivity index (χ0v) is 16.6. The highest BCUT2D eigenvalue weighted by Crippen LogP contribution is 2.53. The zero-order chi connectivity index (χ0) is 20.0. The summed E-state index contributed by atoms with van der Waals surface area (Å²) in [5.74, 6) is 0.537. The number of rotatable bonds is 4. The molecule has 2 aliphatic rings. The molecule has 1 aliphatic heterocycles. The maximum atomic E-state index is 13.0. The van der Waals surface area contributed by atoms with E-state index in [2.05, 4.69) is 20.5 Å². The fraction of sp³-hybridized carbons (Fsp3) is 0.286. The van der Waals surface area contributed by atoms with Gasteiger partial charge in [-0.3, -0.25) is 14.5 Å². The SMILES string of the molecule is CN1C(=O)[C@@H](NC(=O)c2nnc(Cc3ccccc3)s2)C2C[C@H]2c2cccnc21. The van der Waals surface area contributed by atoms with Gasteiger partial charge in [-0.25, -0.2) is 4.98 Å². The molecule has 146 valence electrons. The van der Waals surface area contributed by atoms with E-state index in [9.17, 15) is 9.59 Å². The number of hydrogen-bond acceptors (Lipinski definition) is 6. The highest BCUT2D eigenvalue weighted by Gasteiger charge is 2.52. The lowest BCUT2D eigenvalue weighted by atomic mass is 10.1. The minimum atomic E-state index is -0.576. The summed E-state index contributed by atoms with van der Waals surface area (Å²) in [5, 5.41) is 12.1. The first-order valence-electron chi connectivity index (χ1n) is 9.51. The van der Waals surface area contributed by atoms with Crippen molar-refractivity contribution in [3.63, 3.8) is 0 Å². The third kappa shape index (κ3) is 3.29. The Labute approximate surface area is 171 Å². The van der Waals surface area contributed by atoms with Crippen LogP contribution in [-0.2, 0) is 11.2 Å². The van der Waals surface area contributed by atoms with Crippen molar-refractivity contribution in [3.05, 3.63) is 69.8 Å². The van der Waals surface area contributed by atoms with Crippen LogP contribution in [0.4, 0.5) is 5.82 Å². The number of fused-ring (bicyclic) bond motifs is 3. The van der Waals surface area contributed by atoms with Crippen LogP contribution in [-0.4, -0.2) is 40.1 Å². The first-order chi connectivity index (χ1) is 14.1. The van der Waals surface area contributed by atoms with Crippen molar-refractivity contribution in [2.45, 2.75) is 24.8 Å². The normalized spacial score (nSPS) is 22.4. The Morgan fingerprint density at radius 2 is 2.03 bits per heavy atom. The van der Waals surface area contributed by atoms with Crippen LogP contribution in [0.3, 0.4) is 0 Å². The summed E-state index contributed by atoms with van der Waals surface area (Å²) in [6.07, 6.45) is 3.19. The van der Waals surface area contributed by atoms with E-state index in [4.69, 9.17) is 0 Å². The monoisotopic (exact) mass is 405 g/mol. The van der Waals surface area contributed by atoms with Crippen molar-refractivity contribution < 1.29 is 9.59 Å². The van der Waals surface area contributed by atoms with Gasteiger partial charge in [0.2, 0.25) is 5.01 Å². The first kappa shape index (κ1) is 17.9. The fourth-order valence-electron chi connectivity index (χ4n) is 3.97. The Kier molecular flexibility index (Phi) is 4.35. The van der Waals surface area contributed by atoms with Crippen molar-refractivity contribution in [2.75, 3.05) is 11.9 Å². The molecule has 29 heavy (non-hydrogen) atoms. The van der Waals surface area contributed by atoms with Crippen LogP contribution < -0.4 is 10.2 Å². The lowest BCUT2D eigenvalue weighted by Crippen LogP contribution is -2.48. The number of nitrogens with zero attached hydrogens (tertiary/aromatic N) is 4. The molecule has 1 saturated carbocycles. The third-order valence-electron chi connectivity index (χ3n) is 5.54. The van der Waals surface area contributed by atoms with Crippen LogP contribution in [0.2, 0.25) is 0 Å². The average Bonchev–Trinajstić information content (AvgIpc) is 3.41. The predicted molar refractivity (Wildman–Crippen MR) is 109 cm³/mol. The highest BCUT2D eigenvalue weighted by atomic mass is 32.1. The number of pyridine rings is 1. The topological polar surface area (TPSA) is 88.1 Å². The van der Waals surface area contributed by atoms with Gasteiger partial charge < -0.3 is 5.32 Å². The number of nitrogens with one attached hydrogen (secondary N) is 1. The standard InChI is InChI=1S/C21H19N5O2S/c1-26-18-13(8-5-9-22-18)14-11-15(14)17(21(26)28)23-19(27)20-25-24-16(29-20)10-12-6-3-2-4-7-12/h2-9,14-15,17H,10-11H2,1H3,(H,23,27)/t14-,15?,17-/m0/s1. The smallest absolute Gasteiger partial charge is 0.282 e. The van der Waals surface area contributed by atoms with E-state index in [1.54, 1.807) is 18.1 Å². The minimum absolute atomic E-state index is 0.0936. The Hall–Kier alpha value is -3.13. The summed E-state index contributed by atoms with van der Waals surface area (Å²) in [5.41, 5.74) is 2.19. The lowest BCUT2D eigenvalue weighted by molar-refractivity contribution is -0.120. The quantitative estimate of drug-likeness (QED) is 0.720. The number of aromatic nitrogens is 3. The Morgan fingerprint density at radius 1 is 1.21 bits per heavy atom. The molecular formula is C21H19N5O2S. The van der Waals surface area contributed by atoms with Crippen molar-refractivity contribution >= 4 is 29.0 Å². The summed E-state index contributed by atoms with van der Waals surface area (Å²) in [7, 11) is 1.71. The van der Waals surface area contributed by atoms with Gasteiger partial charge in [0, 0.05) is 19.7 Å². The van der Waals surface area contributed by atoms with Gasteiger partial charge in [-0.05, 0) is 35.4 Å². The summed E-state index contributed by atoms with van der Waals surface area (Å²) in [4.78, 5) is 31.7. The van der Waals surface area contributed by atoms with Gasteiger partial charge >= 0.3 is 0 Å². The number of benzene rings is 1. The van der Waals surface area contributed by atoms with Crippen LogP contribution in [0.5, 0.6) is 0 Å². The van der Waals surface area contributed by atoms with E-state index in [1.165, 1.54) is 11.3 Å². The second kappa shape index (κ2) is 7.04. The summed E-state index contributed by atoms with van der Waals surface area (Å²) >= 11 is 1.26. The Balaban J connectivity index is 1.32. The summed E-state index contributed by atoms with van der Waals surface area (Å²) in [6, 6.07) is 13.3. The molecule has 2 aromatic heterocycles. The molecule has 1 N–H and O–H groups in total. The maximum Gasteiger partial charge on any atom is 0.282 e. The van der Waals surface area contributed by atoms with Crippen molar-refractivity contribution in [3.8, 4) is 0 Å². The molecule has 0 spiro atoms. The molecule has 3 aromatic rings. The fourth-order valence-corrected chi connectivity index (χ4v) is 4.75. The van der Waals surface area contributed by atoms with E-state index in [0.29, 0.717) is 12.2 Å². The van der Waals surface area contributed by atoms with Gasteiger partial charge in [0.15, 0.2) is 0 Å². The molecule has 1 unspecified atom stereocenters. The number of anilines is 1. The van der Waals surface area contributed by atoms with E-state index in [-0.39, 0.29) is 28.7 Å².